The summed E-state index contributed by atoms with van der Waals surface area (Å²) in [5.41, 5.74) is 3.80. The van der Waals surface area contributed by atoms with E-state index < -0.39 is 6.85 Å². The van der Waals surface area contributed by atoms with Gasteiger partial charge in [-0.25, -0.2) is 4.57 Å². The van der Waals surface area contributed by atoms with E-state index in [0.29, 0.717) is 5.56 Å². The van der Waals surface area contributed by atoms with E-state index in [4.69, 9.17) is 4.11 Å². The fourth-order valence-corrected chi connectivity index (χ4v) is 3.26. The van der Waals surface area contributed by atoms with E-state index in [0.717, 1.165) is 16.9 Å². The number of hydrogen-bond acceptors (Lipinski definition) is 0. The van der Waals surface area contributed by atoms with E-state index in [9.17, 15) is 0 Å². The largest absolute Gasteiger partial charge is 0.286 e. The van der Waals surface area contributed by atoms with Gasteiger partial charge in [0.25, 0.3) is 5.82 Å². The number of fused-ring (bicyclic) bond motifs is 3. The van der Waals surface area contributed by atoms with Crippen LogP contribution in [0, 0.1) is 13.8 Å². The molecule has 4 aromatic rings. The van der Waals surface area contributed by atoms with Gasteiger partial charge >= 0.3 is 0 Å². The summed E-state index contributed by atoms with van der Waals surface area (Å²) in [5, 5.41) is 2.40. The molecule has 0 N–H and O–H groups in total. The molecule has 2 aromatic carbocycles. The Morgan fingerprint density at radius 1 is 0.955 bits per heavy atom. The number of pyridine rings is 1. The first-order valence-corrected chi connectivity index (χ1v) is 7.37. The molecule has 2 heterocycles. The molecule has 2 aromatic heterocycles. The van der Waals surface area contributed by atoms with E-state index in [-0.39, 0.29) is 0 Å². The molecule has 2 nitrogen and oxygen atoms in total. The van der Waals surface area contributed by atoms with E-state index in [2.05, 4.69) is 41.8 Å². The highest BCUT2D eigenvalue weighted by Crippen LogP contribution is 2.32. The Balaban J connectivity index is 2.10. The molecule has 0 aliphatic rings. The molecule has 0 atom stereocenters. The molecule has 0 unspecified atom stereocenters. The van der Waals surface area contributed by atoms with Crippen molar-refractivity contribution >= 4 is 21.8 Å². The molecule has 0 saturated carbocycles. The molecule has 0 amide bonds. The van der Waals surface area contributed by atoms with Gasteiger partial charge in [-0.15, -0.1) is 0 Å². The second-order valence-corrected chi connectivity index (χ2v) is 5.71. The van der Waals surface area contributed by atoms with Crippen LogP contribution in [0.1, 0.15) is 15.2 Å². The van der Waals surface area contributed by atoms with E-state index >= 15 is 0 Å². The Morgan fingerprint density at radius 3 is 2.59 bits per heavy atom. The molecule has 4 rings (SSSR count). The van der Waals surface area contributed by atoms with Crippen molar-refractivity contribution in [1.29, 1.82) is 0 Å². The van der Waals surface area contributed by atoms with Crippen LogP contribution >= 0.6 is 0 Å². The minimum absolute atomic E-state index is 0.344. The number of rotatable bonds is 1. The van der Waals surface area contributed by atoms with E-state index in [1.54, 1.807) is 12.3 Å². The second-order valence-electron chi connectivity index (χ2n) is 5.71. The summed E-state index contributed by atoms with van der Waals surface area (Å²) in [6.07, 6.45) is 1.70. The van der Waals surface area contributed by atoms with Crippen LogP contribution in [0.3, 0.4) is 0 Å². The first-order valence-electron chi connectivity index (χ1n) is 8.87. The summed E-state index contributed by atoms with van der Waals surface area (Å²) < 4.78 is 27.0. The van der Waals surface area contributed by atoms with Gasteiger partial charge in [0, 0.05) is 21.0 Å². The maximum absolute atomic E-state index is 7.62. The SMILES string of the molecule is [2H]C([2H])([2H])c1ccc(-n2c3ccccc3c3cccc(C)c32)[n+](C)c1. The molecule has 2 heteroatoms. The standard InChI is InChI=1S/C20H19N2/c1-14-11-12-19(21(3)13-14)22-18-10-5-4-8-16(18)17-9-6-7-15(2)20(17)22/h4-13H,1-3H3/q+1/i1D3. The lowest BCUT2D eigenvalue weighted by Crippen LogP contribution is -2.33. The van der Waals surface area contributed by atoms with Crippen LogP contribution < -0.4 is 4.57 Å². The molecule has 0 aliphatic heterocycles. The van der Waals surface area contributed by atoms with Crippen LogP contribution in [0.15, 0.2) is 60.8 Å². The molecule has 0 fully saturated rings. The minimum Gasteiger partial charge on any atom is -0.236 e. The topological polar surface area (TPSA) is 8.81 Å². The number of hydrogen-bond donors (Lipinski definition) is 0. The Kier molecular flexibility index (Phi) is 2.17. The van der Waals surface area contributed by atoms with Crippen molar-refractivity contribution in [3.05, 3.63) is 71.9 Å². The van der Waals surface area contributed by atoms with Gasteiger partial charge in [-0.2, -0.15) is 4.57 Å². The van der Waals surface area contributed by atoms with Crippen LogP contribution in [0.4, 0.5) is 0 Å². The molecule has 0 aliphatic carbocycles. The van der Waals surface area contributed by atoms with Gasteiger partial charge in [0.15, 0.2) is 0 Å². The van der Waals surface area contributed by atoms with Crippen LogP contribution in [-0.4, -0.2) is 4.57 Å². The van der Waals surface area contributed by atoms with Crippen molar-refractivity contribution in [2.45, 2.75) is 13.8 Å². The van der Waals surface area contributed by atoms with Crippen LogP contribution in [0.25, 0.3) is 27.6 Å². The number of nitrogens with zero attached hydrogens (tertiary/aromatic N) is 2. The summed E-state index contributed by atoms with van der Waals surface area (Å²) in [6, 6.07) is 18.2. The molecule has 0 spiro atoms. The van der Waals surface area contributed by atoms with Crippen molar-refractivity contribution < 1.29 is 8.68 Å². The van der Waals surface area contributed by atoms with E-state index in [1.807, 2.05) is 29.8 Å². The van der Waals surface area contributed by atoms with Crippen molar-refractivity contribution in [3.8, 4) is 5.82 Å². The van der Waals surface area contributed by atoms with Crippen molar-refractivity contribution in [3.63, 3.8) is 0 Å². The molecule has 22 heavy (non-hydrogen) atoms. The van der Waals surface area contributed by atoms with Crippen molar-refractivity contribution in [2.75, 3.05) is 0 Å². The Labute approximate surface area is 134 Å². The molecule has 108 valence electrons. The number of benzene rings is 2. The maximum Gasteiger partial charge on any atom is 0.286 e. The first kappa shape index (κ1) is 10.2. The first-order chi connectivity index (χ1) is 11.9. The Morgan fingerprint density at radius 2 is 1.77 bits per heavy atom. The lowest BCUT2D eigenvalue weighted by Gasteiger charge is -2.05. The van der Waals surface area contributed by atoms with Gasteiger partial charge in [-0.3, -0.25) is 0 Å². The zero-order valence-electron chi connectivity index (χ0n) is 15.7. The monoisotopic (exact) mass is 290 g/mol. The normalized spacial score (nSPS) is 14.0. The molecule has 0 radical (unpaired) electrons. The predicted molar refractivity (Wildman–Crippen MR) is 91.4 cm³/mol. The van der Waals surface area contributed by atoms with Gasteiger partial charge in [0.1, 0.15) is 11.0 Å². The highest BCUT2D eigenvalue weighted by Gasteiger charge is 2.21. The average molecular weight is 290 g/mol. The molecular formula is C20H19N2+. The summed E-state index contributed by atoms with van der Waals surface area (Å²) in [4.78, 5) is 0. The minimum atomic E-state index is -2.10. The zero-order valence-corrected chi connectivity index (χ0v) is 12.7. The highest BCUT2D eigenvalue weighted by molar-refractivity contribution is 6.09. The van der Waals surface area contributed by atoms with Crippen LogP contribution in [0.2, 0.25) is 0 Å². The van der Waals surface area contributed by atoms with Crippen LogP contribution in [-0.2, 0) is 7.05 Å². The number of para-hydroxylation sites is 2. The summed E-state index contributed by atoms with van der Waals surface area (Å²) in [5.74, 6) is 0.938. The number of aromatic nitrogens is 2. The fraction of sp³-hybridized carbons (Fsp3) is 0.150. The quantitative estimate of drug-likeness (QED) is 0.464. The van der Waals surface area contributed by atoms with Gasteiger partial charge in [-0.1, -0.05) is 24.3 Å². The summed E-state index contributed by atoms with van der Waals surface area (Å²) in [7, 11) is 1.89. The van der Waals surface area contributed by atoms with Crippen molar-refractivity contribution in [2.24, 2.45) is 7.05 Å². The van der Waals surface area contributed by atoms with Gasteiger partial charge in [0.2, 0.25) is 0 Å². The Bertz CT molecular complexity index is 1110. The molecule has 0 bridgehead atoms. The highest BCUT2D eigenvalue weighted by atomic mass is 15.1. The maximum atomic E-state index is 7.62. The van der Waals surface area contributed by atoms with Crippen molar-refractivity contribution in [1.82, 2.24) is 4.57 Å². The molecular weight excluding hydrogens is 268 g/mol. The second kappa shape index (κ2) is 4.70. The number of aryl methyl sites for hydroxylation is 3. The Hall–Kier alpha value is -2.61. The third-order valence-electron chi connectivity index (χ3n) is 4.23. The zero-order chi connectivity index (χ0) is 17.8. The van der Waals surface area contributed by atoms with Gasteiger partial charge in [0.05, 0.1) is 13.2 Å². The fourth-order valence-electron chi connectivity index (χ4n) is 3.26. The third-order valence-corrected chi connectivity index (χ3v) is 4.23. The third kappa shape index (κ3) is 1.77. The predicted octanol–water partition coefficient (Wildman–Crippen LogP) is 4.23. The smallest absolute Gasteiger partial charge is 0.236 e. The van der Waals surface area contributed by atoms with Gasteiger partial charge < -0.3 is 0 Å². The lowest BCUT2D eigenvalue weighted by atomic mass is 10.1. The van der Waals surface area contributed by atoms with Crippen LogP contribution in [0.5, 0.6) is 0 Å². The van der Waals surface area contributed by atoms with Gasteiger partial charge in [-0.05, 0) is 49.2 Å². The van der Waals surface area contributed by atoms with E-state index in [1.165, 1.54) is 16.3 Å². The molecule has 0 saturated heterocycles. The average Bonchev–Trinajstić information content (AvgIpc) is 2.90. The summed E-state index contributed by atoms with van der Waals surface area (Å²) >= 11 is 0. The summed E-state index contributed by atoms with van der Waals surface area (Å²) in [6.45, 7) is 0.00153. The lowest BCUT2D eigenvalue weighted by molar-refractivity contribution is -0.665.